The summed E-state index contributed by atoms with van der Waals surface area (Å²) in [5.74, 6) is 1.15. The van der Waals surface area contributed by atoms with Crippen LogP contribution in [-0.2, 0) is 20.6 Å². The van der Waals surface area contributed by atoms with Gasteiger partial charge in [0.2, 0.25) is 0 Å². The molecule has 0 heterocycles. The van der Waals surface area contributed by atoms with Gasteiger partial charge >= 0.3 is 5.97 Å². The van der Waals surface area contributed by atoms with E-state index >= 15 is 0 Å². The van der Waals surface area contributed by atoms with Crippen molar-refractivity contribution < 1.29 is 28.5 Å². The highest BCUT2D eigenvalue weighted by Gasteiger charge is 2.16. The van der Waals surface area contributed by atoms with Crippen LogP contribution >= 0.6 is 0 Å². The maximum absolute atomic E-state index is 12.8. The second kappa shape index (κ2) is 19.8. The van der Waals surface area contributed by atoms with Crippen LogP contribution in [0.5, 0.6) is 11.5 Å². The van der Waals surface area contributed by atoms with Gasteiger partial charge in [-0.1, -0.05) is 77.3 Å². The van der Waals surface area contributed by atoms with Crippen molar-refractivity contribution >= 4 is 5.97 Å². The number of benzene rings is 3. The monoisotopic (exact) mass is 590 g/mol. The average Bonchev–Trinajstić information content (AvgIpc) is 3.04. The van der Waals surface area contributed by atoms with E-state index in [0.29, 0.717) is 44.3 Å². The Kier molecular flexibility index (Phi) is 15.7. The number of hydrogen-bond acceptors (Lipinski definition) is 6. The average molecular weight is 591 g/mol. The Balaban J connectivity index is 1.80. The number of rotatable bonds is 21. The first-order valence-corrected chi connectivity index (χ1v) is 16.1. The molecule has 0 N–H and O–H groups in total. The fourth-order valence-electron chi connectivity index (χ4n) is 4.58. The summed E-state index contributed by atoms with van der Waals surface area (Å²) >= 11 is 0. The number of carbonyl (C=O) groups is 1. The Labute approximate surface area is 258 Å². The lowest BCUT2D eigenvalue weighted by Gasteiger charge is -2.17. The first-order chi connectivity index (χ1) is 21.1. The molecule has 234 valence electrons. The molecule has 0 saturated heterocycles. The normalized spacial score (nSPS) is 11.0. The van der Waals surface area contributed by atoms with Gasteiger partial charge in [0, 0.05) is 18.8 Å². The van der Waals surface area contributed by atoms with Crippen molar-refractivity contribution in [1.29, 1.82) is 0 Å². The Morgan fingerprint density at radius 2 is 1.21 bits per heavy atom. The van der Waals surface area contributed by atoms with Crippen molar-refractivity contribution in [2.45, 2.75) is 72.6 Å². The summed E-state index contributed by atoms with van der Waals surface area (Å²) in [6.45, 7) is 12.2. The van der Waals surface area contributed by atoms with Gasteiger partial charge in [-0.25, -0.2) is 4.79 Å². The van der Waals surface area contributed by atoms with E-state index in [-0.39, 0.29) is 12.6 Å². The van der Waals surface area contributed by atoms with E-state index in [2.05, 4.69) is 58.0 Å². The highest BCUT2D eigenvalue weighted by molar-refractivity contribution is 5.91. The third-order valence-corrected chi connectivity index (χ3v) is 7.18. The van der Waals surface area contributed by atoms with Gasteiger partial charge in [0.1, 0.15) is 24.7 Å². The second-order valence-corrected chi connectivity index (χ2v) is 10.6. The Morgan fingerprint density at radius 1 is 0.581 bits per heavy atom. The van der Waals surface area contributed by atoms with Crippen LogP contribution in [0.15, 0.2) is 60.7 Å². The SMILES string of the molecule is CCCCOCCOC(=O)c1ccc(-c2ccc(-c3ccc(OCCCC)cc3)cc2CC)c(OCCOCCCC)c1. The molecule has 43 heavy (non-hydrogen) atoms. The van der Waals surface area contributed by atoms with E-state index in [1.807, 2.05) is 24.3 Å². The summed E-state index contributed by atoms with van der Waals surface area (Å²) in [4.78, 5) is 12.8. The topological polar surface area (TPSA) is 63.2 Å². The molecular weight excluding hydrogens is 540 g/mol. The number of hydrogen-bond donors (Lipinski definition) is 0. The van der Waals surface area contributed by atoms with Crippen molar-refractivity contribution in [2.75, 3.05) is 46.2 Å². The molecule has 0 unspecified atom stereocenters. The van der Waals surface area contributed by atoms with E-state index in [1.54, 1.807) is 6.07 Å². The number of unbranched alkanes of at least 4 members (excludes halogenated alkanes) is 3. The molecule has 0 aliphatic rings. The standard InChI is InChI=1S/C37H50O6/c1-5-9-20-39-23-25-42-36-28-32(37(38)43-26-24-40-21-10-6-2)15-19-35(36)34-18-14-31(27-29(34)8-4)30-12-16-33(17-13-30)41-22-11-7-3/h12-19,27-28H,5-11,20-26H2,1-4H3. The van der Waals surface area contributed by atoms with Gasteiger partial charge in [-0.3, -0.25) is 0 Å². The predicted molar refractivity (Wildman–Crippen MR) is 174 cm³/mol. The van der Waals surface area contributed by atoms with Gasteiger partial charge in [0.15, 0.2) is 0 Å². The first-order valence-electron chi connectivity index (χ1n) is 16.1. The molecule has 0 aliphatic carbocycles. The molecule has 0 atom stereocenters. The zero-order chi connectivity index (χ0) is 30.7. The van der Waals surface area contributed by atoms with Crippen LogP contribution in [0.2, 0.25) is 0 Å². The summed E-state index contributed by atoms with van der Waals surface area (Å²) < 4.78 is 28.8. The molecule has 6 heteroatoms. The minimum atomic E-state index is -0.386. The zero-order valence-electron chi connectivity index (χ0n) is 26.6. The number of esters is 1. The van der Waals surface area contributed by atoms with Gasteiger partial charge in [-0.2, -0.15) is 0 Å². The van der Waals surface area contributed by atoms with E-state index in [4.69, 9.17) is 23.7 Å². The van der Waals surface area contributed by atoms with Crippen LogP contribution in [0.3, 0.4) is 0 Å². The minimum absolute atomic E-state index is 0.221. The van der Waals surface area contributed by atoms with E-state index in [0.717, 1.165) is 79.6 Å². The molecule has 3 aromatic rings. The fourth-order valence-corrected chi connectivity index (χ4v) is 4.58. The second-order valence-electron chi connectivity index (χ2n) is 10.6. The largest absolute Gasteiger partial charge is 0.494 e. The van der Waals surface area contributed by atoms with E-state index in [1.165, 1.54) is 5.56 Å². The Morgan fingerprint density at radius 3 is 1.88 bits per heavy atom. The summed E-state index contributed by atoms with van der Waals surface area (Å²) in [7, 11) is 0. The number of carbonyl (C=O) groups excluding carboxylic acids is 1. The molecular formula is C37H50O6. The summed E-state index contributed by atoms with van der Waals surface area (Å²) in [6, 6.07) is 20.4. The lowest BCUT2D eigenvalue weighted by molar-refractivity contribution is 0.0313. The van der Waals surface area contributed by atoms with Crippen molar-refractivity contribution in [3.63, 3.8) is 0 Å². The van der Waals surface area contributed by atoms with Crippen molar-refractivity contribution in [3.8, 4) is 33.8 Å². The minimum Gasteiger partial charge on any atom is -0.494 e. The molecule has 0 aliphatic heterocycles. The van der Waals surface area contributed by atoms with Crippen LogP contribution in [-0.4, -0.2) is 52.2 Å². The van der Waals surface area contributed by atoms with Crippen LogP contribution in [0, 0.1) is 0 Å². The molecule has 0 fully saturated rings. The lowest BCUT2D eigenvalue weighted by atomic mass is 9.92. The molecule has 0 aromatic heterocycles. The van der Waals surface area contributed by atoms with E-state index in [9.17, 15) is 4.79 Å². The molecule has 6 nitrogen and oxygen atoms in total. The smallest absolute Gasteiger partial charge is 0.338 e. The highest BCUT2D eigenvalue weighted by atomic mass is 16.6. The van der Waals surface area contributed by atoms with Gasteiger partial charge in [0.25, 0.3) is 0 Å². The van der Waals surface area contributed by atoms with Gasteiger partial charge in [0.05, 0.1) is 25.4 Å². The summed E-state index contributed by atoms with van der Waals surface area (Å²) in [5.41, 5.74) is 5.96. The zero-order valence-corrected chi connectivity index (χ0v) is 26.6. The third kappa shape index (κ3) is 11.3. The first kappa shape index (κ1) is 34.1. The molecule has 0 saturated carbocycles. The van der Waals surface area contributed by atoms with Crippen molar-refractivity contribution in [3.05, 3.63) is 71.8 Å². The van der Waals surface area contributed by atoms with Crippen molar-refractivity contribution in [1.82, 2.24) is 0 Å². The molecule has 3 rings (SSSR count). The summed E-state index contributed by atoms with van der Waals surface area (Å²) in [6.07, 6.45) is 7.20. The molecule has 0 spiro atoms. The number of ether oxygens (including phenoxy) is 5. The van der Waals surface area contributed by atoms with Gasteiger partial charge in [-0.15, -0.1) is 0 Å². The van der Waals surface area contributed by atoms with Crippen LogP contribution in [0.1, 0.15) is 82.1 Å². The van der Waals surface area contributed by atoms with Gasteiger partial charge in [-0.05, 0) is 78.3 Å². The van der Waals surface area contributed by atoms with E-state index < -0.39 is 0 Å². The molecule has 3 aromatic carbocycles. The summed E-state index contributed by atoms with van der Waals surface area (Å²) in [5, 5.41) is 0. The van der Waals surface area contributed by atoms with Crippen LogP contribution in [0.4, 0.5) is 0 Å². The molecule has 0 amide bonds. The van der Waals surface area contributed by atoms with Crippen LogP contribution < -0.4 is 9.47 Å². The lowest BCUT2D eigenvalue weighted by Crippen LogP contribution is -2.12. The Hall–Kier alpha value is -3.35. The van der Waals surface area contributed by atoms with Gasteiger partial charge < -0.3 is 23.7 Å². The fraction of sp³-hybridized carbons (Fsp3) is 0.486. The third-order valence-electron chi connectivity index (χ3n) is 7.18. The number of aryl methyl sites for hydroxylation is 1. The highest BCUT2D eigenvalue weighted by Crippen LogP contribution is 2.36. The Bertz CT molecular complexity index is 1220. The van der Waals surface area contributed by atoms with Crippen molar-refractivity contribution in [2.24, 2.45) is 0 Å². The van der Waals surface area contributed by atoms with Crippen LogP contribution in [0.25, 0.3) is 22.3 Å². The quantitative estimate of drug-likeness (QED) is 0.0912. The molecule has 0 radical (unpaired) electrons. The molecule has 0 bridgehead atoms. The maximum Gasteiger partial charge on any atom is 0.338 e. The predicted octanol–water partition coefficient (Wildman–Crippen LogP) is 8.93. The maximum atomic E-state index is 12.8.